The van der Waals surface area contributed by atoms with E-state index >= 15 is 0 Å². The third-order valence-corrected chi connectivity index (χ3v) is 7.09. The van der Waals surface area contributed by atoms with Gasteiger partial charge in [0, 0.05) is 25.0 Å². The quantitative estimate of drug-likeness (QED) is 0.432. The molecule has 0 aromatic carbocycles. The third kappa shape index (κ3) is 8.92. The van der Waals surface area contributed by atoms with Gasteiger partial charge in [-0.05, 0) is 70.1 Å². The highest BCUT2D eigenvalue weighted by Gasteiger charge is 2.39. The van der Waals surface area contributed by atoms with Gasteiger partial charge in [0.1, 0.15) is 0 Å². The molecule has 188 valence electrons. The van der Waals surface area contributed by atoms with E-state index in [1.165, 1.54) is 7.11 Å². The second kappa shape index (κ2) is 13.9. The fourth-order valence-corrected chi connectivity index (χ4v) is 5.48. The molecule has 2 aliphatic rings. The minimum atomic E-state index is -0.182. The normalized spacial score (nSPS) is 33.6. The van der Waals surface area contributed by atoms with Gasteiger partial charge in [-0.1, -0.05) is 20.8 Å². The van der Waals surface area contributed by atoms with Crippen molar-refractivity contribution in [2.75, 3.05) is 26.9 Å². The van der Waals surface area contributed by atoms with Crippen LogP contribution in [-0.2, 0) is 23.7 Å². The highest BCUT2D eigenvalue weighted by atomic mass is 16.5. The van der Waals surface area contributed by atoms with Crippen molar-refractivity contribution >= 4 is 5.97 Å². The number of methoxy groups -OCH3 is 1. The Morgan fingerprint density at radius 1 is 1.00 bits per heavy atom. The van der Waals surface area contributed by atoms with Crippen LogP contribution in [0, 0.1) is 29.6 Å². The summed E-state index contributed by atoms with van der Waals surface area (Å²) in [4.78, 5) is 12.0. The first kappa shape index (κ1) is 27.6. The van der Waals surface area contributed by atoms with Crippen molar-refractivity contribution in [2.24, 2.45) is 29.6 Å². The topological polar surface area (TPSA) is 74.2 Å². The summed E-state index contributed by atoms with van der Waals surface area (Å²) in [5.74, 6) is 1.59. The Labute approximate surface area is 195 Å². The highest BCUT2D eigenvalue weighted by molar-refractivity contribution is 5.69. The van der Waals surface area contributed by atoms with Crippen molar-refractivity contribution in [3.63, 3.8) is 0 Å². The molecule has 2 aliphatic carbocycles. The van der Waals surface area contributed by atoms with Crippen molar-refractivity contribution < 1.29 is 28.8 Å². The van der Waals surface area contributed by atoms with Crippen LogP contribution in [0.25, 0.3) is 0 Å². The van der Waals surface area contributed by atoms with Gasteiger partial charge in [-0.3, -0.25) is 4.79 Å². The Kier molecular flexibility index (Phi) is 12.0. The number of hydrogen-bond acceptors (Lipinski definition) is 6. The monoisotopic (exact) mass is 456 g/mol. The largest absolute Gasteiger partial charge is 0.469 e. The van der Waals surface area contributed by atoms with Crippen LogP contribution in [0.3, 0.4) is 0 Å². The Bertz CT molecular complexity index is 536. The fraction of sp³-hybridized carbons (Fsp3) is 0.962. The van der Waals surface area contributed by atoms with Crippen molar-refractivity contribution in [1.29, 1.82) is 0 Å². The average Bonchev–Trinajstić information content (AvgIpc) is 2.73. The van der Waals surface area contributed by atoms with Crippen LogP contribution in [0.15, 0.2) is 0 Å². The lowest BCUT2D eigenvalue weighted by molar-refractivity contribution is -0.148. The smallest absolute Gasteiger partial charge is 0.305 e. The molecule has 0 radical (unpaired) electrons. The van der Waals surface area contributed by atoms with E-state index in [0.29, 0.717) is 30.8 Å². The second-order valence-corrected chi connectivity index (χ2v) is 10.8. The van der Waals surface area contributed by atoms with Gasteiger partial charge >= 0.3 is 5.97 Å². The summed E-state index contributed by atoms with van der Waals surface area (Å²) in [6.45, 7) is 12.3. The minimum Gasteiger partial charge on any atom is -0.469 e. The van der Waals surface area contributed by atoms with Gasteiger partial charge in [-0.15, -0.1) is 0 Å². The Hall–Kier alpha value is -0.690. The SMILES string of the molecule is COC(=O)CC1CC(OCC2CC(C)CC(CO)C2OCCC(C)C)CCC1OC(C)C. The van der Waals surface area contributed by atoms with Gasteiger partial charge in [-0.2, -0.15) is 0 Å². The van der Waals surface area contributed by atoms with Gasteiger partial charge in [-0.25, -0.2) is 0 Å². The second-order valence-electron chi connectivity index (χ2n) is 10.8. The molecule has 1 N–H and O–H groups in total. The predicted octanol–water partition coefficient (Wildman–Crippen LogP) is 4.61. The van der Waals surface area contributed by atoms with Crippen molar-refractivity contribution in [3.05, 3.63) is 0 Å². The van der Waals surface area contributed by atoms with E-state index in [9.17, 15) is 9.90 Å². The van der Waals surface area contributed by atoms with E-state index in [2.05, 4.69) is 20.8 Å². The first-order valence-electron chi connectivity index (χ1n) is 12.8. The predicted molar refractivity (Wildman–Crippen MR) is 125 cm³/mol. The minimum absolute atomic E-state index is 0.0569. The molecule has 0 saturated heterocycles. The number of carbonyl (C=O) groups is 1. The Balaban J connectivity index is 1.96. The molecule has 7 atom stereocenters. The number of hydrogen-bond donors (Lipinski definition) is 1. The maximum atomic E-state index is 12.0. The standard InChI is InChI=1S/C26H48O6/c1-17(2)9-10-30-26-21(15-27)11-19(5)12-22(26)16-31-23-7-8-24(32-18(3)4)20(13-23)14-25(28)29-6/h17-24,26-27H,7-16H2,1-6H3. The summed E-state index contributed by atoms with van der Waals surface area (Å²) in [6.07, 6.45) is 6.55. The molecule has 0 aromatic heterocycles. The molecule has 6 nitrogen and oxygen atoms in total. The van der Waals surface area contributed by atoms with Gasteiger partial charge in [0.2, 0.25) is 0 Å². The zero-order valence-electron chi connectivity index (χ0n) is 21.3. The zero-order valence-corrected chi connectivity index (χ0v) is 21.3. The lowest BCUT2D eigenvalue weighted by atomic mass is 9.74. The van der Waals surface area contributed by atoms with E-state index in [1.54, 1.807) is 0 Å². The van der Waals surface area contributed by atoms with Gasteiger partial charge in [0.15, 0.2) is 0 Å². The van der Waals surface area contributed by atoms with Crippen LogP contribution in [0.1, 0.15) is 79.6 Å². The third-order valence-electron chi connectivity index (χ3n) is 7.09. The van der Waals surface area contributed by atoms with E-state index < -0.39 is 0 Å². The Morgan fingerprint density at radius 3 is 2.34 bits per heavy atom. The molecular formula is C26H48O6. The summed E-state index contributed by atoms with van der Waals surface area (Å²) in [6, 6.07) is 0. The van der Waals surface area contributed by atoms with Crippen LogP contribution in [0.5, 0.6) is 0 Å². The number of carbonyl (C=O) groups excluding carboxylic acids is 1. The average molecular weight is 457 g/mol. The number of ether oxygens (including phenoxy) is 4. The highest BCUT2D eigenvalue weighted by Crippen LogP contribution is 2.37. The molecule has 32 heavy (non-hydrogen) atoms. The van der Waals surface area contributed by atoms with Crippen molar-refractivity contribution in [3.8, 4) is 0 Å². The molecule has 7 unspecified atom stereocenters. The van der Waals surface area contributed by atoms with Crippen molar-refractivity contribution in [1.82, 2.24) is 0 Å². The fourth-order valence-electron chi connectivity index (χ4n) is 5.48. The molecule has 0 aromatic rings. The van der Waals surface area contributed by atoms with Crippen LogP contribution in [0.4, 0.5) is 0 Å². The van der Waals surface area contributed by atoms with Crippen LogP contribution < -0.4 is 0 Å². The first-order valence-corrected chi connectivity index (χ1v) is 12.8. The first-order chi connectivity index (χ1) is 15.2. The Morgan fingerprint density at radius 2 is 1.72 bits per heavy atom. The lowest BCUT2D eigenvalue weighted by Crippen LogP contribution is -2.44. The summed E-state index contributed by atoms with van der Waals surface area (Å²) in [5, 5.41) is 9.99. The number of rotatable bonds is 12. The van der Waals surface area contributed by atoms with Crippen LogP contribution >= 0.6 is 0 Å². The van der Waals surface area contributed by atoms with Crippen LogP contribution in [0.2, 0.25) is 0 Å². The summed E-state index contributed by atoms with van der Waals surface area (Å²) >= 11 is 0. The van der Waals surface area contributed by atoms with Crippen molar-refractivity contribution in [2.45, 2.75) is 104 Å². The number of esters is 1. The van der Waals surface area contributed by atoms with E-state index in [1.807, 2.05) is 13.8 Å². The molecule has 0 aliphatic heterocycles. The maximum absolute atomic E-state index is 12.0. The maximum Gasteiger partial charge on any atom is 0.305 e. The summed E-state index contributed by atoms with van der Waals surface area (Å²) < 4.78 is 23.8. The van der Waals surface area contributed by atoms with E-state index in [0.717, 1.165) is 45.1 Å². The lowest BCUT2D eigenvalue weighted by Gasteiger charge is -2.42. The number of aliphatic hydroxyl groups excluding tert-OH is 1. The molecule has 6 heteroatoms. The summed E-state index contributed by atoms with van der Waals surface area (Å²) in [5.41, 5.74) is 0. The molecule has 2 rings (SSSR count). The zero-order chi connectivity index (χ0) is 23.7. The molecule has 2 saturated carbocycles. The number of aliphatic hydroxyl groups is 1. The molecule has 0 bridgehead atoms. The van der Waals surface area contributed by atoms with Gasteiger partial charge < -0.3 is 24.1 Å². The van der Waals surface area contributed by atoms with Crippen LogP contribution in [-0.4, -0.2) is 62.4 Å². The van der Waals surface area contributed by atoms with Gasteiger partial charge in [0.25, 0.3) is 0 Å². The molecule has 2 fully saturated rings. The molecule has 0 heterocycles. The van der Waals surface area contributed by atoms with Gasteiger partial charge in [0.05, 0.1) is 44.6 Å². The summed E-state index contributed by atoms with van der Waals surface area (Å²) in [7, 11) is 1.44. The molecular weight excluding hydrogens is 408 g/mol. The molecule has 0 amide bonds. The molecule has 0 spiro atoms. The van der Waals surface area contributed by atoms with E-state index in [-0.39, 0.29) is 48.8 Å². The van der Waals surface area contributed by atoms with E-state index in [4.69, 9.17) is 18.9 Å².